The standard InChI is InChI=1S/C15H16N4O/c1-10(17-18-16)9-19-6-5-11-7-12-8-13(20-2)3-4-14(12)15(11)19/h3-6,8,10H,7,9H2,1-2H3. The topological polar surface area (TPSA) is 62.9 Å². The molecular weight excluding hydrogens is 252 g/mol. The van der Waals surface area contributed by atoms with Crippen LogP contribution in [0.3, 0.4) is 0 Å². The number of hydrogen-bond acceptors (Lipinski definition) is 2. The Bertz CT molecular complexity index is 698. The molecule has 0 saturated heterocycles. The van der Waals surface area contributed by atoms with Crippen LogP contribution in [0.5, 0.6) is 5.75 Å². The van der Waals surface area contributed by atoms with E-state index in [-0.39, 0.29) is 6.04 Å². The van der Waals surface area contributed by atoms with E-state index in [2.05, 4.69) is 39.0 Å². The van der Waals surface area contributed by atoms with E-state index >= 15 is 0 Å². The van der Waals surface area contributed by atoms with Gasteiger partial charge in [-0.25, -0.2) is 0 Å². The first-order valence-corrected chi connectivity index (χ1v) is 6.62. The van der Waals surface area contributed by atoms with Gasteiger partial charge in [-0.3, -0.25) is 0 Å². The van der Waals surface area contributed by atoms with Gasteiger partial charge < -0.3 is 9.30 Å². The van der Waals surface area contributed by atoms with Crippen LogP contribution in [0.1, 0.15) is 18.1 Å². The number of aromatic nitrogens is 1. The van der Waals surface area contributed by atoms with Crippen molar-refractivity contribution in [2.75, 3.05) is 7.11 Å². The predicted molar refractivity (Wildman–Crippen MR) is 77.8 cm³/mol. The molecule has 1 atom stereocenters. The molecule has 1 heterocycles. The lowest BCUT2D eigenvalue weighted by Gasteiger charge is -2.11. The fourth-order valence-corrected chi connectivity index (χ4v) is 2.83. The molecule has 0 aliphatic heterocycles. The first kappa shape index (κ1) is 12.6. The molecule has 5 nitrogen and oxygen atoms in total. The molecule has 1 unspecified atom stereocenters. The highest BCUT2D eigenvalue weighted by Gasteiger charge is 2.23. The largest absolute Gasteiger partial charge is 0.497 e. The first-order chi connectivity index (χ1) is 9.72. The second kappa shape index (κ2) is 4.94. The summed E-state index contributed by atoms with van der Waals surface area (Å²) in [7, 11) is 1.69. The van der Waals surface area contributed by atoms with Crippen LogP contribution in [0.2, 0.25) is 0 Å². The molecule has 1 aromatic heterocycles. The Hall–Kier alpha value is -2.39. The maximum atomic E-state index is 8.51. The summed E-state index contributed by atoms with van der Waals surface area (Å²) >= 11 is 0. The third-order valence-corrected chi connectivity index (χ3v) is 3.71. The Kier molecular flexibility index (Phi) is 3.12. The Morgan fingerprint density at radius 2 is 2.25 bits per heavy atom. The monoisotopic (exact) mass is 268 g/mol. The number of nitrogens with zero attached hydrogens (tertiary/aromatic N) is 4. The molecule has 1 aromatic carbocycles. The van der Waals surface area contributed by atoms with Gasteiger partial charge in [-0.15, -0.1) is 0 Å². The Labute approximate surface area is 117 Å². The van der Waals surface area contributed by atoms with Gasteiger partial charge in [0, 0.05) is 29.6 Å². The molecule has 0 bridgehead atoms. The van der Waals surface area contributed by atoms with Crippen LogP contribution in [0.4, 0.5) is 0 Å². The SMILES string of the molecule is COc1ccc2c(c1)Cc1ccn(CC(C)N=[N+]=[N-])c1-2. The lowest BCUT2D eigenvalue weighted by atomic mass is 10.1. The molecule has 0 amide bonds. The quantitative estimate of drug-likeness (QED) is 0.403. The Balaban J connectivity index is 1.98. The molecule has 0 fully saturated rings. The van der Waals surface area contributed by atoms with Crippen molar-refractivity contribution in [2.24, 2.45) is 5.11 Å². The molecular formula is C15H16N4O. The van der Waals surface area contributed by atoms with Crippen LogP contribution in [0.25, 0.3) is 21.7 Å². The highest BCUT2D eigenvalue weighted by atomic mass is 16.5. The minimum atomic E-state index is -0.0567. The summed E-state index contributed by atoms with van der Waals surface area (Å²) in [6.45, 7) is 2.63. The van der Waals surface area contributed by atoms with Crippen LogP contribution in [0.15, 0.2) is 35.6 Å². The zero-order valence-electron chi connectivity index (χ0n) is 11.6. The second-order valence-electron chi connectivity index (χ2n) is 5.10. The van der Waals surface area contributed by atoms with Crippen LogP contribution < -0.4 is 4.74 Å². The highest BCUT2D eigenvalue weighted by molar-refractivity contribution is 5.75. The number of fused-ring (bicyclic) bond motifs is 3. The number of azide groups is 1. The van der Waals surface area contributed by atoms with E-state index in [9.17, 15) is 0 Å². The molecule has 1 aliphatic carbocycles. The van der Waals surface area contributed by atoms with Crippen molar-refractivity contribution in [1.29, 1.82) is 0 Å². The molecule has 5 heteroatoms. The van der Waals surface area contributed by atoms with Gasteiger partial charge in [0.25, 0.3) is 0 Å². The highest BCUT2D eigenvalue weighted by Crippen LogP contribution is 2.39. The van der Waals surface area contributed by atoms with Gasteiger partial charge in [0.05, 0.1) is 18.8 Å². The molecule has 3 rings (SSSR count). The fraction of sp³-hybridized carbons (Fsp3) is 0.333. The fourth-order valence-electron chi connectivity index (χ4n) is 2.83. The Morgan fingerprint density at radius 1 is 1.40 bits per heavy atom. The molecule has 0 spiro atoms. The lowest BCUT2D eigenvalue weighted by molar-refractivity contribution is 0.414. The summed E-state index contributed by atoms with van der Waals surface area (Å²) in [4.78, 5) is 2.87. The van der Waals surface area contributed by atoms with E-state index in [1.165, 1.54) is 22.4 Å². The maximum absolute atomic E-state index is 8.51. The van der Waals surface area contributed by atoms with Crippen molar-refractivity contribution in [3.8, 4) is 17.0 Å². The van der Waals surface area contributed by atoms with Gasteiger partial charge in [-0.1, -0.05) is 12.0 Å². The van der Waals surface area contributed by atoms with E-state index < -0.39 is 0 Å². The van der Waals surface area contributed by atoms with E-state index in [1.54, 1.807) is 7.11 Å². The van der Waals surface area contributed by atoms with Gasteiger partial charge in [-0.2, -0.15) is 0 Å². The number of rotatable bonds is 4. The molecule has 102 valence electrons. The second-order valence-corrected chi connectivity index (χ2v) is 5.10. The number of hydrogen-bond donors (Lipinski definition) is 0. The molecule has 1 aliphatic rings. The van der Waals surface area contributed by atoms with Gasteiger partial charge in [0.15, 0.2) is 0 Å². The van der Waals surface area contributed by atoms with Crippen LogP contribution in [-0.2, 0) is 13.0 Å². The van der Waals surface area contributed by atoms with Gasteiger partial charge in [-0.05, 0) is 40.9 Å². The van der Waals surface area contributed by atoms with Crippen molar-refractivity contribution >= 4 is 0 Å². The van der Waals surface area contributed by atoms with E-state index in [1.807, 2.05) is 13.0 Å². The van der Waals surface area contributed by atoms with Crippen LogP contribution >= 0.6 is 0 Å². The minimum absolute atomic E-state index is 0.0567. The third kappa shape index (κ3) is 2.02. The summed E-state index contributed by atoms with van der Waals surface area (Å²) in [6, 6.07) is 8.27. The number of ether oxygens (including phenoxy) is 1. The normalized spacial score (nSPS) is 13.3. The summed E-state index contributed by atoms with van der Waals surface area (Å²) in [6.07, 6.45) is 3.01. The van der Waals surface area contributed by atoms with Crippen LogP contribution in [0, 0.1) is 0 Å². The third-order valence-electron chi connectivity index (χ3n) is 3.71. The summed E-state index contributed by atoms with van der Waals surface area (Å²) in [5.41, 5.74) is 13.6. The van der Waals surface area contributed by atoms with Crippen molar-refractivity contribution in [3.05, 3.63) is 52.0 Å². The summed E-state index contributed by atoms with van der Waals surface area (Å²) in [5, 5.41) is 3.75. The van der Waals surface area contributed by atoms with Crippen molar-refractivity contribution in [2.45, 2.75) is 25.9 Å². The van der Waals surface area contributed by atoms with Crippen LogP contribution in [-0.4, -0.2) is 17.7 Å². The number of methoxy groups -OCH3 is 1. The average Bonchev–Trinajstić information content (AvgIpc) is 2.98. The molecule has 0 N–H and O–H groups in total. The predicted octanol–water partition coefficient (Wildman–Crippen LogP) is 3.77. The molecule has 2 aromatic rings. The molecule has 20 heavy (non-hydrogen) atoms. The molecule has 0 radical (unpaired) electrons. The summed E-state index contributed by atoms with van der Waals surface area (Å²) < 4.78 is 7.45. The lowest BCUT2D eigenvalue weighted by Crippen LogP contribution is -2.09. The van der Waals surface area contributed by atoms with Gasteiger partial charge >= 0.3 is 0 Å². The first-order valence-electron chi connectivity index (χ1n) is 6.62. The Morgan fingerprint density at radius 3 is 3.00 bits per heavy atom. The van der Waals surface area contributed by atoms with Crippen molar-refractivity contribution < 1.29 is 4.74 Å². The zero-order valence-corrected chi connectivity index (χ0v) is 11.6. The summed E-state index contributed by atoms with van der Waals surface area (Å²) in [5.74, 6) is 0.892. The maximum Gasteiger partial charge on any atom is 0.119 e. The zero-order chi connectivity index (χ0) is 14.1. The number of benzene rings is 1. The van der Waals surface area contributed by atoms with E-state index in [0.717, 1.165) is 12.2 Å². The minimum Gasteiger partial charge on any atom is -0.497 e. The van der Waals surface area contributed by atoms with Crippen molar-refractivity contribution in [1.82, 2.24) is 4.57 Å². The van der Waals surface area contributed by atoms with E-state index in [4.69, 9.17) is 10.3 Å². The van der Waals surface area contributed by atoms with E-state index in [0.29, 0.717) is 6.54 Å². The van der Waals surface area contributed by atoms with Gasteiger partial charge in [0.2, 0.25) is 0 Å². The smallest absolute Gasteiger partial charge is 0.119 e. The molecule has 0 saturated carbocycles. The van der Waals surface area contributed by atoms with Gasteiger partial charge in [0.1, 0.15) is 5.75 Å². The van der Waals surface area contributed by atoms with Crippen molar-refractivity contribution in [3.63, 3.8) is 0 Å². The average molecular weight is 268 g/mol.